The highest BCUT2D eigenvalue weighted by atomic mass is 35.5. The lowest BCUT2D eigenvalue weighted by Gasteiger charge is -2.14. The molecule has 0 aliphatic rings. The van der Waals surface area contributed by atoms with Gasteiger partial charge in [0.05, 0.1) is 10.6 Å². The van der Waals surface area contributed by atoms with Crippen LogP contribution in [0, 0.1) is 13.8 Å². The van der Waals surface area contributed by atoms with Gasteiger partial charge < -0.3 is 14.6 Å². The summed E-state index contributed by atoms with van der Waals surface area (Å²) in [5.74, 6) is -1.50. The molecule has 1 unspecified atom stereocenters. The number of hydrogen-bond donors (Lipinski definition) is 1. The number of nitrogens with one attached hydrogen (secondary N) is 1. The van der Waals surface area contributed by atoms with Crippen molar-refractivity contribution in [1.29, 1.82) is 0 Å². The van der Waals surface area contributed by atoms with Gasteiger partial charge in [0.1, 0.15) is 6.04 Å². The normalized spacial score (nSPS) is 11.6. The number of allylic oxidation sites excluding steroid dienone is 1. The predicted octanol–water partition coefficient (Wildman–Crippen LogP) is 3.49. The first kappa shape index (κ1) is 21.4. The Morgan fingerprint density at radius 1 is 1.25 bits per heavy atom. The fraction of sp³-hybridized carbons (Fsp3) is 0.286. The maximum atomic E-state index is 12.4. The van der Waals surface area contributed by atoms with Crippen LogP contribution in [-0.4, -0.2) is 34.9 Å². The average Bonchev–Trinajstić information content (AvgIpc) is 2.94. The number of ether oxygens (including phenoxy) is 1. The molecule has 7 heteroatoms. The second-order valence-electron chi connectivity index (χ2n) is 6.39. The third-order valence-electron chi connectivity index (χ3n) is 4.35. The van der Waals surface area contributed by atoms with Gasteiger partial charge in [0.2, 0.25) is 5.78 Å². The van der Waals surface area contributed by atoms with Crippen LogP contribution in [-0.2, 0) is 16.1 Å². The van der Waals surface area contributed by atoms with Crippen molar-refractivity contribution in [2.45, 2.75) is 33.4 Å². The number of benzene rings is 1. The Labute approximate surface area is 169 Å². The summed E-state index contributed by atoms with van der Waals surface area (Å²) in [6.07, 6.45) is 1.75. The smallest absolute Gasteiger partial charge is 0.328 e. The van der Waals surface area contributed by atoms with Crippen molar-refractivity contribution in [2.75, 3.05) is 6.61 Å². The highest BCUT2D eigenvalue weighted by Gasteiger charge is 2.22. The van der Waals surface area contributed by atoms with Crippen LogP contribution in [0.15, 0.2) is 43.0 Å². The van der Waals surface area contributed by atoms with Gasteiger partial charge in [-0.1, -0.05) is 29.8 Å². The Bertz CT molecular complexity index is 917. The number of aryl methyl sites for hydroxylation is 1. The molecular weight excluding hydrogens is 380 g/mol. The van der Waals surface area contributed by atoms with Crippen LogP contribution >= 0.6 is 11.6 Å². The van der Waals surface area contributed by atoms with Crippen LogP contribution in [0.5, 0.6) is 0 Å². The summed E-state index contributed by atoms with van der Waals surface area (Å²) in [5.41, 5.74) is 2.47. The molecule has 0 saturated heterocycles. The molecule has 0 fully saturated rings. The Kier molecular flexibility index (Phi) is 7.18. The molecule has 28 heavy (non-hydrogen) atoms. The lowest BCUT2D eigenvalue weighted by Crippen LogP contribution is -2.40. The molecule has 1 heterocycles. The molecule has 1 N–H and O–H groups in total. The molecule has 0 radical (unpaired) electrons. The molecule has 2 aromatic rings. The molecule has 0 saturated carbocycles. The number of aromatic nitrogens is 1. The summed E-state index contributed by atoms with van der Waals surface area (Å²) in [6, 6.07) is 7.35. The molecule has 0 aliphatic carbocycles. The fourth-order valence-electron chi connectivity index (χ4n) is 2.81. The van der Waals surface area contributed by atoms with E-state index in [4.69, 9.17) is 16.3 Å². The Morgan fingerprint density at radius 2 is 1.93 bits per heavy atom. The first-order chi connectivity index (χ1) is 13.3. The minimum Gasteiger partial charge on any atom is -0.456 e. The van der Waals surface area contributed by atoms with E-state index in [2.05, 4.69) is 11.9 Å². The van der Waals surface area contributed by atoms with Crippen molar-refractivity contribution in [3.05, 3.63) is 70.5 Å². The van der Waals surface area contributed by atoms with E-state index in [1.54, 1.807) is 36.4 Å². The van der Waals surface area contributed by atoms with Crippen molar-refractivity contribution in [3.63, 3.8) is 0 Å². The maximum absolute atomic E-state index is 12.4. The molecule has 148 valence electrons. The lowest BCUT2D eigenvalue weighted by molar-refractivity contribution is -0.144. The molecule has 0 spiro atoms. The fourth-order valence-corrected chi connectivity index (χ4v) is 3.03. The number of carbonyl (C=O) groups excluding carboxylic acids is 3. The van der Waals surface area contributed by atoms with Gasteiger partial charge in [0.15, 0.2) is 6.61 Å². The molecule has 2 rings (SSSR count). The number of carbonyl (C=O) groups is 3. The van der Waals surface area contributed by atoms with Gasteiger partial charge in [-0.2, -0.15) is 0 Å². The summed E-state index contributed by atoms with van der Waals surface area (Å²) >= 11 is 5.97. The van der Waals surface area contributed by atoms with E-state index < -0.39 is 24.5 Å². The van der Waals surface area contributed by atoms with Gasteiger partial charge in [-0.25, -0.2) is 4.79 Å². The number of rotatable bonds is 8. The van der Waals surface area contributed by atoms with E-state index in [-0.39, 0.29) is 16.4 Å². The second-order valence-corrected chi connectivity index (χ2v) is 6.80. The van der Waals surface area contributed by atoms with E-state index in [1.807, 2.05) is 18.4 Å². The zero-order chi connectivity index (χ0) is 20.8. The highest BCUT2D eigenvalue weighted by Crippen LogP contribution is 2.17. The van der Waals surface area contributed by atoms with Crippen LogP contribution in [0.2, 0.25) is 5.02 Å². The zero-order valence-electron chi connectivity index (χ0n) is 16.1. The minimum absolute atomic E-state index is 0.259. The van der Waals surface area contributed by atoms with E-state index in [0.717, 1.165) is 11.4 Å². The van der Waals surface area contributed by atoms with Crippen molar-refractivity contribution in [3.8, 4) is 0 Å². The van der Waals surface area contributed by atoms with Crippen molar-refractivity contribution >= 4 is 29.3 Å². The summed E-state index contributed by atoms with van der Waals surface area (Å²) in [7, 11) is 0. The minimum atomic E-state index is -0.926. The largest absolute Gasteiger partial charge is 0.456 e. The Morgan fingerprint density at radius 3 is 2.57 bits per heavy atom. The quantitative estimate of drug-likeness (QED) is 0.416. The summed E-state index contributed by atoms with van der Waals surface area (Å²) in [5, 5.41) is 2.80. The maximum Gasteiger partial charge on any atom is 0.328 e. The summed E-state index contributed by atoms with van der Waals surface area (Å²) < 4.78 is 7.04. The second kappa shape index (κ2) is 9.37. The molecule has 0 bridgehead atoms. The molecule has 1 atom stereocenters. The van der Waals surface area contributed by atoms with E-state index in [0.29, 0.717) is 12.1 Å². The highest BCUT2D eigenvalue weighted by molar-refractivity contribution is 6.33. The Balaban J connectivity index is 1.95. The molecule has 1 aromatic heterocycles. The number of amides is 1. The third kappa shape index (κ3) is 4.89. The van der Waals surface area contributed by atoms with Gasteiger partial charge in [-0.3, -0.25) is 9.59 Å². The van der Waals surface area contributed by atoms with E-state index in [9.17, 15) is 14.4 Å². The summed E-state index contributed by atoms with van der Waals surface area (Å²) in [6.45, 7) is 9.11. The lowest BCUT2D eigenvalue weighted by atomic mass is 10.1. The van der Waals surface area contributed by atoms with Crippen LogP contribution < -0.4 is 5.32 Å². The van der Waals surface area contributed by atoms with Crippen LogP contribution in [0.25, 0.3) is 0 Å². The van der Waals surface area contributed by atoms with Crippen molar-refractivity contribution < 1.29 is 19.1 Å². The first-order valence-electron chi connectivity index (χ1n) is 8.79. The van der Waals surface area contributed by atoms with Gasteiger partial charge in [-0.05, 0) is 39.0 Å². The van der Waals surface area contributed by atoms with Crippen LogP contribution in [0.1, 0.15) is 39.0 Å². The van der Waals surface area contributed by atoms with E-state index in [1.165, 1.54) is 6.92 Å². The van der Waals surface area contributed by atoms with Gasteiger partial charge in [0.25, 0.3) is 5.91 Å². The van der Waals surface area contributed by atoms with Gasteiger partial charge in [0, 0.05) is 23.5 Å². The molecule has 1 aromatic carbocycles. The molecule has 6 nitrogen and oxygen atoms in total. The number of halogens is 1. The number of nitrogens with zero attached hydrogens (tertiary/aromatic N) is 1. The molecule has 1 amide bonds. The van der Waals surface area contributed by atoms with E-state index >= 15 is 0 Å². The topological polar surface area (TPSA) is 77.4 Å². The van der Waals surface area contributed by atoms with Crippen molar-refractivity contribution in [1.82, 2.24) is 9.88 Å². The molecule has 0 aliphatic heterocycles. The SMILES string of the molecule is C=CCn1c(C)cc(C(=O)COC(=O)C(C)NC(=O)c2ccccc2Cl)c1C. The van der Waals surface area contributed by atoms with Crippen molar-refractivity contribution in [2.24, 2.45) is 0 Å². The summed E-state index contributed by atoms with van der Waals surface area (Å²) in [4.78, 5) is 36.8. The third-order valence-corrected chi connectivity index (χ3v) is 4.68. The van der Waals surface area contributed by atoms with Crippen LogP contribution in [0.4, 0.5) is 0 Å². The van der Waals surface area contributed by atoms with Crippen LogP contribution in [0.3, 0.4) is 0 Å². The number of esters is 1. The number of Topliss-reactive ketones (excluding diaryl/α,β-unsaturated/α-hetero) is 1. The predicted molar refractivity (Wildman–Crippen MR) is 108 cm³/mol. The number of ketones is 1. The Hall–Kier alpha value is -2.86. The van der Waals surface area contributed by atoms with Gasteiger partial charge in [-0.15, -0.1) is 6.58 Å². The van der Waals surface area contributed by atoms with Gasteiger partial charge >= 0.3 is 5.97 Å². The first-order valence-corrected chi connectivity index (χ1v) is 9.17. The standard InChI is InChI=1S/C21H23ClN2O4/c1-5-10-24-13(2)11-17(15(24)4)19(25)12-28-21(27)14(3)23-20(26)16-8-6-7-9-18(16)22/h5-9,11,14H,1,10,12H2,2-4H3,(H,23,26). The molecular formula is C21H23ClN2O4. The average molecular weight is 403 g/mol. The monoisotopic (exact) mass is 402 g/mol. The zero-order valence-corrected chi connectivity index (χ0v) is 16.9. The number of hydrogen-bond acceptors (Lipinski definition) is 4.